The highest BCUT2D eigenvalue weighted by Gasteiger charge is 2.02. The van der Waals surface area contributed by atoms with Gasteiger partial charge in [-0.1, -0.05) is 36.9 Å². The maximum absolute atomic E-state index is 5.68. The van der Waals surface area contributed by atoms with Crippen molar-refractivity contribution in [2.45, 2.75) is 26.1 Å². The highest BCUT2D eigenvalue weighted by atomic mass is 16.5. The van der Waals surface area contributed by atoms with Crippen LogP contribution in [0.2, 0.25) is 0 Å². The number of aromatic nitrogens is 2. The van der Waals surface area contributed by atoms with E-state index in [1.807, 2.05) is 41.2 Å². The summed E-state index contributed by atoms with van der Waals surface area (Å²) in [6.07, 6.45) is 4.76. The molecule has 0 aliphatic rings. The fourth-order valence-electron chi connectivity index (χ4n) is 2.05. The fraction of sp³-hybridized carbons (Fsp3) is 0.353. The molecule has 0 radical (unpaired) electrons. The van der Waals surface area contributed by atoms with Gasteiger partial charge in [-0.05, 0) is 19.7 Å². The molecule has 2 rings (SSSR count). The van der Waals surface area contributed by atoms with Gasteiger partial charge in [0.05, 0.1) is 12.0 Å². The summed E-state index contributed by atoms with van der Waals surface area (Å²) < 4.78 is 7.62. The molecule has 112 valence electrons. The highest BCUT2D eigenvalue weighted by molar-refractivity contribution is 5.13. The van der Waals surface area contributed by atoms with E-state index in [1.54, 1.807) is 0 Å². The highest BCUT2D eigenvalue weighted by Crippen LogP contribution is 2.09. The predicted octanol–water partition coefficient (Wildman–Crippen LogP) is 3.07. The van der Waals surface area contributed by atoms with Crippen LogP contribution >= 0.6 is 0 Å². The molecule has 0 saturated heterocycles. The van der Waals surface area contributed by atoms with Crippen LogP contribution in [-0.2, 0) is 24.4 Å². The smallest absolute Gasteiger partial charge is 0.113 e. The Morgan fingerprint density at radius 3 is 2.71 bits per heavy atom. The molecule has 0 unspecified atom stereocenters. The number of rotatable bonds is 8. The molecule has 4 nitrogen and oxygen atoms in total. The third-order valence-electron chi connectivity index (χ3n) is 3.09. The van der Waals surface area contributed by atoms with Crippen LogP contribution in [0.1, 0.15) is 17.5 Å². The van der Waals surface area contributed by atoms with Gasteiger partial charge in [0.25, 0.3) is 0 Å². The lowest BCUT2D eigenvalue weighted by Crippen LogP contribution is -2.10. The average Bonchev–Trinajstić information content (AvgIpc) is 2.91. The van der Waals surface area contributed by atoms with E-state index in [1.165, 1.54) is 5.56 Å². The Hall–Kier alpha value is -2.07. The molecule has 0 fully saturated rings. The van der Waals surface area contributed by atoms with E-state index < -0.39 is 0 Å². The normalized spacial score (nSPS) is 10.8. The van der Waals surface area contributed by atoms with Gasteiger partial charge in [0.2, 0.25) is 0 Å². The molecule has 0 aliphatic carbocycles. The van der Waals surface area contributed by atoms with Crippen LogP contribution in [0.4, 0.5) is 0 Å². The molecule has 0 amide bonds. The molecule has 0 spiro atoms. The van der Waals surface area contributed by atoms with Crippen LogP contribution < -0.4 is 0 Å². The second-order valence-corrected chi connectivity index (χ2v) is 5.41. The first-order valence-corrected chi connectivity index (χ1v) is 7.14. The molecule has 0 atom stereocenters. The minimum Gasteiger partial charge on any atom is -0.494 e. The van der Waals surface area contributed by atoms with Crippen molar-refractivity contribution in [3.63, 3.8) is 0 Å². The number of benzene rings is 1. The molecule has 4 heteroatoms. The first kappa shape index (κ1) is 15.3. The van der Waals surface area contributed by atoms with E-state index in [9.17, 15) is 0 Å². The third-order valence-corrected chi connectivity index (χ3v) is 3.09. The van der Waals surface area contributed by atoms with E-state index in [0.29, 0.717) is 6.61 Å². The van der Waals surface area contributed by atoms with Gasteiger partial charge in [-0.15, -0.1) is 0 Å². The van der Waals surface area contributed by atoms with Crippen LogP contribution in [-0.4, -0.2) is 28.8 Å². The number of hydrogen-bond donors (Lipinski definition) is 0. The van der Waals surface area contributed by atoms with E-state index in [2.05, 4.69) is 36.9 Å². The molecule has 0 aliphatic heterocycles. The van der Waals surface area contributed by atoms with Crippen molar-refractivity contribution in [1.82, 2.24) is 14.7 Å². The van der Waals surface area contributed by atoms with Crippen molar-refractivity contribution in [2.24, 2.45) is 0 Å². The lowest BCUT2D eigenvalue weighted by atomic mass is 10.2. The van der Waals surface area contributed by atoms with Gasteiger partial charge in [-0.25, -0.2) is 0 Å². The zero-order valence-electron chi connectivity index (χ0n) is 12.8. The summed E-state index contributed by atoms with van der Waals surface area (Å²) in [6, 6.07) is 10.1. The Bertz CT molecular complexity index is 560. The van der Waals surface area contributed by atoms with Crippen LogP contribution in [0.5, 0.6) is 0 Å². The van der Waals surface area contributed by atoms with Crippen molar-refractivity contribution < 1.29 is 4.74 Å². The first-order chi connectivity index (χ1) is 10.1. The summed E-state index contributed by atoms with van der Waals surface area (Å²) in [5.41, 5.74) is 2.38. The van der Waals surface area contributed by atoms with Crippen LogP contribution in [0.25, 0.3) is 0 Å². The van der Waals surface area contributed by atoms with Crippen LogP contribution in [0.3, 0.4) is 0 Å². The summed E-state index contributed by atoms with van der Waals surface area (Å²) in [6.45, 7) is 6.24. The minimum absolute atomic E-state index is 0.574. The third kappa shape index (κ3) is 5.44. The molecule has 1 aromatic carbocycles. The lowest BCUT2D eigenvalue weighted by molar-refractivity contribution is 0.187. The summed E-state index contributed by atoms with van der Waals surface area (Å²) in [5, 5.41) is 4.35. The number of ether oxygens (including phenoxy) is 1. The van der Waals surface area contributed by atoms with E-state index in [-0.39, 0.29) is 0 Å². The van der Waals surface area contributed by atoms with Crippen molar-refractivity contribution in [3.8, 4) is 0 Å². The quantitative estimate of drug-likeness (QED) is 0.698. The first-order valence-electron chi connectivity index (χ1n) is 7.14. The molecule has 0 N–H and O–H groups in total. The molecule has 0 saturated carbocycles. The van der Waals surface area contributed by atoms with Gasteiger partial charge in [0, 0.05) is 31.3 Å². The molecular formula is C17H23N3O. The molecule has 1 aromatic heterocycles. The SMILES string of the molecule is C=C(CCn1cc(CN(C)C)cn1)OCc1ccccc1. The van der Waals surface area contributed by atoms with Gasteiger partial charge in [0.15, 0.2) is 0 Å². The van der Waals surface area contributed by atoms with Crippen molar-refractivity contribution in [3.05, 3.63) is 66.2 Å². The van der Waals surface area contributed by atoms with E-state index >= 15 is 0 Å². The van der Waals surface area contributed by atoms with E-state index in [4.69, 9.17) is 4.74 Å². The molecule has 21 heavy (non-hydrogen) atoms. The maximum atomic E-state index is 5.68. The van der Waals surface area contributed by atoms with Gasteiger partial charge in [-0.3, -0.25) is 4.68 Å². The zero-order valence-corrected chi connectivity index (χ0v) is 12.8. The Kier molecular flexibility index (Phi) is 5.58. The summed E-state index contributed by atoms with van der Waals surface area (Å²) >= 11 is 0. The van der Waals surface area contributed by atoms with Gasteiger partial charge in [-0.2, -0.15) is 5.10 Å². The van der Waals surface area contributed by atoms with Gasteiger partial charge < -0.3 is 9.64 Å². The monoisotopic (exact) mass is 285 g/mol. The number of aryl methyl sites for hydroxylation is 1. The van der Waals surface area contributed by atoms with E-state index in [0.717, 1.165) is 30.8 Å². The van der Waals surface area contributed by atoms with Crippen molar-refractivity contribution >= 4 is 0 Å². The molecule has 1 heterocycles. The second-order valence-electron chi connectivity index (χ2n) is 5.41. The zero-order chi connectivity index (χ0) is 15.1. The predicted molar refractivity (Wildman–Crippen MR) is 84.6 cm³/mol. The Balaban J connectivity index is 1.72. The van der Waals surface area contributed by atoms with Crippen molar-refractivity contribution in [2.75, 3.05) is 14.1 Å². The maximum Gasteiger partial charge on any atom is 0.113 e. The number of hydrogen-bond acceptors (Lipinski definition) is 3. The Labute approximate surface area is 126 Å². The molecule has 2 aromatic rings. The fourth-order valence-corrected chi connectivity index (χ4v) is 2.05. The standard InChI is InChI=1S/C17H23N3O/c1-15(21-14-16-7-5-4-6-8-16)9-10-20-13-17(11-18-20)12-19(2)3/h4-8,11,13H,1,9-10,12,14H2,2-3H3. The number of nitrogens with zero attached hydrogens (tertiary/aromatic N) is 3. The summed E-state index contributed by atoms with van der Waals surface area (Å²) in [7, 11) is 4.10. The molecule has 0 bridgehead atoms. The Morgan fingerprint density at radius 2 is 2.00 bits per heavy atom. The van der Waals surface area contributed by atoms with Gasteiger partial charge in [0.1, 0.15) is 6.61 Å². The van der Waals surface area contributed by atoms with Gasteiger partial charge >= 0.3 is 0 Å². The second kappa shape index (κ2) is 7.64. The number of allylic oxidation sites excluding steroid dienone is 1. The lowest BCUT2D eigenvalue weighted by Gasteiger charge is -2.09. The summed E-state index contributed by atoms with van der Waals surface area (Å²) in [5.74, 6) is 0.795. The topological polar surface area (TPSA) is 30.3 Å². The summed E-state index contributed by atoms with van der Waals surface area (Å²) in [4.78, 5) is 2.13. The van der Waals surface area contributed by atoms with Crippen LogP contribution in [0, 0.1) is 0 Å². The van der Waals surface area contributed by atoms with Crippen LogP contribution in [0.15, 0.2) is 55.1 Å². The largest absolute Gasteiger partial charge is 0.494 e. The van der Waals surface area contributed by atoms with Crippen molar-refractivity contribution in [1.29, 1.82) is 0 Å². The average molecular weight is 285 g/mol. The minimum atomic E-state index is 0.574. The molecular weight excluding hydrogens is 262 g/mol. The Morgan fingerprint density at radius 1 is 1.24 bits per heavy atom.